The zero-order chi connectivity index (χ0) is 19.2. The Morgan fingerprint density at radius 2 is 1.96 bits per heavy atom. The van der Waals surface area contributed by atoms with Gasteiger partial charge in [-0.25, -0.2) is 4.79 Å². The standard InChI is InChI=1S/C20H26N4O3/c1-12-5-6-13(11-21-12)16-23-24-17(26-16)14-7-20(8-14)9-15(10-20)22-18(25)27-19(2,3)4/h5-6,11,14-15H,7-10H2,1-4H3,(H,22,25). The molecule has 4 rings (SSSR count). The number of rotatable bonds is 3. The van der Waals surface area contributed by atoms with E-state index in [0.717, 1.165) is 36.9 Å². The van der Waals surface area contributed by atoms with E-state index in [9.17, 15) is 4.79 Å². The van der Waals surface area contributed by atoms with Gasteiger partial charge in [-0.1, -0.05) is 0 Å². The predicted octanol–water partition coefficient (Wildman–Crippen LogP) is 3.99. The minimum absolute atomic E-state index is 0.206. The molecule has 0 unspecified atom stereocenters. The van der Waals surface area contributed by atoms with Crippen LogP contribution in [-0.2, 0) is 4.74 Å². The van der Waals surface area contributed by atoms with Gasteiger partial charge in [0, 0.05) is 23.9 Å². The SMILES string of the molecule is Cc1ccc(-c2nnc(C3CC4(CC(NC(=O)OC(C)(C)C)C4)C3)o2)cn1. The average molecular weight is 370 g/mol. The highest BCUT2D eigenvalue weighted by Gasteiger charge is 2.55. The Kier molecular flexibility index (Phi) is 4.20. The van der Waals surface area contributed by atoms with Crippen LogP contribution >= 0.6 is 0 Å². The summed E-state index contributed by atoms with van der Waals surface area (Å²) in [5, 5.41) is 11.4. The van der Waals surface area contributed by atoms with Crippen molar-refractivity contribution in [3.05, 3.63) is 29.9 Å². The number of hydrogen-bond donors (Lipinski definition) is 1. The number of alkyl carbamates (subject to hydrolysis) is 1. The zero-order valence-corrected chi connectivity index (χ0v) is 16.3. The molecule has 7 heteroatoms. The van der Waals surface area contributed by atoms with Crippen LogP contribution in [0.5, 0.6) is 0 Å². The van der Waals surface area contributed by atoms with Crippen molar-refractivity contribution in [3.8, 4) is 11.5 Å². The molecule has 2 aliphatic carbocycles. The highest BCUT2D eigenvalue weighted by Crippen LogP contribution is 2.61. The van der Waals surface area contributed by atoms with Gasteiger partial charge in [0.1, 0.15) is 5.60 Å². The largest absolute Gasteiger partial charge is 0.444 e. The van der Waals surface area contributed by atoms with Crippen LogP contribution in [0.1, 0.15) is 64.0 Å². The molecule has 2 fully saturated rings. The molecule has 2 aromatic heterocycles. The molecule has 0 saturated heterocycles. The number of carbonyl (C=O) groups excluding carboxylic acids is 1. The Balaban J connectivity index is 1.27. The Morgan fingerprint density at radius 1 is 1.22 bits per heavy atom. The normalized spacial score (nSPS) is 27.0. The van der Waals surface area contributed by atoms with Crippen LogP contribution in [0.3, 0.4) is 0 Å². The van der Waals surface area contributed by atoms with Gasteiger partial charge in [-0.15, -0.1) is 10.2 Å². The van der Waals surface area contributed by atoms with E-state index in [1.807, 2.05) is 39.8 Å². The summed E-state index contributed by atoms with van der Waals surface area (Å²) in [5.74, 6) is 1.54. The number of nitrogens with one attached hydrogen (secondary N) is 1. The third-order valence-electron chi connectivity index (χ3n) is 5.39. The van der Waals surface area contributed by atoms with E-state index in [-0.39, 0.29) is 12.1 Å². The first kappa shape index (κ1) is 17.9. The van der Waals surface area contributed by atoms with Crippen LogP contribution in [0.15, 0.2) is 22.7 Å². The van der Waals surface area contributed by atoms with Gasteiger partial charge in [0.25, 0.3) is 0 Å². The second kappa shape index (κ2) is 6.32. The molecule has 1 amide bonds. The second-order valence-electron chi connectivity index (χ2n) is 8.99. The summed E-state index contributed by atoms with van der Waals surface area (Å²) in [6.07, 6.45) is 5.48. The molecule has 2 heterocycles. The Bertz CT molecular complexity index is 824. The lowest BCUT2D eigenvalue weighted by Crippen LogP contribution is -2.56. The van der Waals surface area contributed by atoms with Crippen LogP contribution < -0.4 is 5.32 Å². The van der Waals surface area contributed by atoms with Gasteiger partial charge in [-0.3, -0.25) is 4.98 Å². The molecule has 0 atom stereocenters. The third kappa shape index (κ3) is 3.82. The van der Waals surface area contributed by atoms with Gasteiger partial charge in [-0.2, -0.15) is 0 Å². The molecule has 144 valence electrons. The maximum atomic E-state index is 11.9. The molecule has 2 aliphatic rings. The van der Waals surface area contributed by atoms with Crippen LogP contribution in [0, 0.1) is 12.3 Å². The molecular formula is C20H26N4O3. The lowest BCUT2D eigenvalue weighted by Gasteiger charge is -2.56. The number of hydrogen-bond acceptors (Lipinski definition) is 6. The molecule has 1 N–H and O–H groups in total. The predicted molar refractivity (Wildman–Crippen MR) is 99.1 cm³/mol. The fourth-order valence-corrected chi connectivity index (χ4v) is 4.17. The Morgan fingerprint density at radius 3 is 2.59 bits per heavy atom. The van der Waals surface area contributed by atoms with E-state index < -0.39 is 5.60 Å². The van der Waals surface area contributed by atoms with Gasteiger partial charge in [0.05, 0.1) is 5.56 Å². The number of pyridine rings is 1. The second-order valence-corrected chi connectivity index (χ2v) is 8.99. The molecule has 7 nitrogen and oxygen atoms in total. The van der Waals surface area contributed by atoms with Crippen LogP contribution in [0.25, 0.3) is 11.5 Å². The summed E-state index contributed by atoms with van der Waals surface area (Å²) in [5.41, 5.74) is 1.65. The zero-order valence-electron chi connectivity index (χ0n) is 16.3. The summed E-state index contributed by atoms with van der Waals surface area (Å²) in [6.45, 7) is 7.56. The smallest absolute Gasteiger partial charge is 0.407 e. The highest BCUT2D eigenvalue weighted by molar-refractivity contribution is 5.68. The Hall–Kier alpha value is -2.44. The molecular weight excluding hydrogens is 344 g/mol. The van der Waals surface area contributed by atoms with E-state index in [0.29, 0.717) is 23.1 Å². The van der Waals surface area contributed by atoms with Gasteiger partial charge >= 0.3 is 6.09 Å². The topological polar surface area (TPSA) is 90.1 Å². The summed E-state index contributed by atoms with van der Waals surface area (Å²) in [4.78, 5) is 16.1. The van der Waals surface area contributed by atoms with Crippen molar-refractivity contribution in [2.75, 3.05) is 0 Å². The molecule has 1 spiro atoms. The number of carbonyl (C=O) groups is 1. The first-order chi connectivity index (χ1) is 12.7. The summed E-state index contributed by atoms with van der Waals surface area (Å²) < 4.78 is 11.2. The Labute approximate surface area is 158 Å². The van der Waals surface area contributed by atoms with Crippen LogP contribution in [0.4, 0.5) is 4.79 Å². The minimum Gasteiger partial charge on any atom is -0.444 e. The van der Waals surface area contributed by atoms with Crippen molar-refractivity contribution >= 4 is 6.09 Å². The molecule has 27 heavy (non-hydrogen) atoms. The van der Waals surface area contributed by atoms with Crippen molar-refractivity contribution in [1.29, 1.82) is 0 Å². The lowest BCUT2D eigenvalue weighted by molar-refractivity contribution is -0.0314. The van der Waals surface area contributed by atoms with E-state index in [4.69, 9.17) is 9.15 Å². The molecule has 2 saturated carbocycles. The highest BCUT2D eigenvalue weighted by atomic mass is 16.6. The maximum Gasteiger partial charge on any atom is 0.407 e. The fraction of sp³-hybridized carbons (Fsp3) is 0.600. The molecule has 0 aromatic carbocycles. The fourth-order valence-electron chi connectivity index (χ4n) is 4.17. The lowest BCUT2D eigenvalue weighted by atomic mass is 9.50. The first-order valence-corrected chi connectivity index (χ1v) is 9.47. The first-order valence-electron chi connectivity index (χ1n) is 9.47. The van der Waals surface area contributed by atoms with E-state index >= 15 is 0 Å². The minimum atomic E-state index is -0.463. The van der Waals surface area contributed by atoms with Crippen molar-refractivity contribution in [3.63, 3.8) is 0 Å². The van der Waals surface area contributed by atoms with Gasteiger partial charge in [0.15, 0.2) is 0 Å². The van der Waals surface area contributed by atoms with Gasteiger partial charge in [0.2, 0.25) is 11.8 Å². The van der Waals surface area contributed by atoms with Crippen LogP contribution in [-0.4, -0.2) is 32.9 Å². The molecule has 0 radical (unpaired) electrons. The van der Waals surface area contributed by atoms with Gasteiger partial charge in [-0.05, 0) is 70.9 Å². The molecule has 0 aliphatic heterocycles. The van der Waals surface area contributed by atoms with Crippen molar-refractivity contribution in [2.24, 2.45) is 5.41 Å². The summed E-state index contributed by atoms with van der Waals surface area (Å²) in [6, 6.07) is 4.09. The average Bonchev–Trinajstić information content (AvgIpc) is 2.96. The molecule has 0 bridgehead atoms. The van der Waals surface area contributed by atoms with E-state index in [1.165, 1.54) is 0 Å². The maximum absolute atomic E-state index is 11.9. The van der Waals surface area contributed by atoms with Crippen molar-refractivity contribution in [1.82, 2.24) is 20.5 Å². The van der Waals surface area contributed by atoms with Crippen molar-refractivity contribution in [2.45, 2.75) is 70.9 Å². The van der Waals surface area contributed by atoms with Crippen LogP contribution in [0.2, 0.25) is 0 Å². The third-order valence-corrected chi connectivity index (χ3v) is 5.39. The van der Waals surface area contributed by atoms with Gasteiger partial charge < -0.3 is 14.5 Å². The van der Waals surface area contributed by atoms with Crippen molar-refractivity contribution < 1.29 is 13.9 Å². The monoisotopic (exact) mass is 370 g/mol. The number of nitrogens with zero attached hydrogens (tertiary/aromatic N) is 3. The van der Waals surface area contributed by atoms with E-state index in [1.54, 1.807) is 6.20 Å². The summed E-state index contributed by atoms with van der Waals surface area (Å²) >= 11 is 0. The number of amides is 1. The molecule has 2 aromatic rings. The number of ether oxygens (including phenoxy) is 1. The van der Waals surface area contributed by atoms with E-state index in [2.05, 4.69) is 20.5 Å². The number of aromatic nitrogens is 3. The number of aryl methyl sites for hydroxylation is 1. The quantitative estimate of drug-likeness (QED) is 0.878. The summed E-state index contributed by atoms with van der Waals surface area (Å²) in [7, 11) is 0.